The summed E-state index contributed by atoms with van der Waals surface area (Å²) in [5.74, 6) is 0.541. The van der Waals surface area contributed by atoms with Gasteiger partial charge < -0.3 is 5.32 Å². The van der Waals surface area contributed by atoms with Crippen LogP contribution in [-0.2, 0) is 14.8 Å². The number of nitrogens with zero attached hydrogens (tertiary/aromatic N) is 1. The van der Waals surface area contributed by atoms with E-state index < -0.39 is 16.1 Å². The zero-order valence-corrected chi connectivity index (χ0v) is 14.9. The molecule has 5 nitrogen and oxygen atoms in total. The number of carbonyl (C=O) groups is 1. The highest BCUT2D eigenvalue weighted by Gasteiger charge is 2.40. The Morgan fingerprint density at radius 2 is 2.05 bits per heavy atom. The van der Waals surface area contributed by atoms with E-state index in [1.54, 1.807) is 18.2 Å². The molecule has 1 fully saturated rings. The van der Waals surface area contributed by atoms with Crippen molar-refractivity contribution in [2.24, 2.45) is 0 Å². The van der Waals surface area contributed by atoms with Gasteiger partial charge in [0.05, 0.1) is 10.8 Å². The predicted octanol–water partition coefficient (Wildman–Crippen LogP) is 1.97. The van der Waals surface area contributed by atoms with E-state index in [2.05, 4.69) is 5.32 Å². The number of aryl methyl sites for hydroxylation is 1. The van der Waals surface area contributed by atoms with Gasteiger partial charge >= 0.3 is 0 Å². The van der Waals surface area contributed by atoms with Gasteiger partial charge in [0, 0.05) is 11.3 Å². The predicted molar refractivity (Wildman–Crippen MR) is 89.2 cm³/mol. The number of sulfonamides is 1. The van der Waals surface area contributed by atoms with Crippen molar-refractivity contribution in [3.63, 3.8) is 0 Å². The second kappa shape index (κ2) is 6.22. The number of nitrogens with one attached hydrogen (secondary N) is 1. The molecule has 0 unspecified atom stereocenters. The quantitative estimate of drug-likeness (QED) is 0.912. The van der Waals surface area contributed by atoms with Crippen LogP contribution < -0.4 is 5.32 Å². The highest BCUT2D eigenvalue weighted by Crippen LogP contribution is 2.29. The summed E-state index contributed by atoms with van der Waals surface area (Å²) in [5.41, 5.74) is 0.493. The third-order valence-electron chi connectivity index (χ3n) is 3.24. The van der Waals surface area contributed by atoms with Gasteiger partial charge in [-0.15, -0.1) is 11.8 Å². The fourth-order valence-corrected chi connectivity index (χ4v) is 5.49. The molecule has 1 atom stereocenters. The van der Waals surface area contributed by atoms with Gasteiger partial charge in [-0.1, -0.05) is 12.1 Å². The first-order chi connectivity index (χ1) is 10.1. The van der Waals surface area contributed by atoms with Gasteiger partial charge in [0.15, 0.2) is 0 Å². The zero-order valence-electron chi connectivity index (χ0n) is 13.3. The van der Waals surface area contributed by atoms with Crippen LogP contribution in [-0.4, -0.2) is 41.8 Å². The lowest BCUT2D eigenvalue weighted by atomic mass is 10.1. The molecule has 22 heavy (non-hydrogen) atoms. The monoisotopic (exact) mass is 342 g/mol. The van der Waals surface area contributed by atoms with Crippen molar-refractivity contribution in [3.05, 3.63) is 29.8 Å². The van der Waals surface area contributed by atoms with Crippen molar-refractivity contribution < 1.29 is 13.2 Å². The number of hydrogen-bond donors (Lipinski definition) is 1. The average molecular weight is 342 g/mol. The Morgan fingerprint density at radius 3 is 2.64 bits per heavy atom. The van der Waals surface area contributed by atoms with Gasteiger partial charge in [0.2, 0.25) is 15.9 Å². The summed E-state index contributed by atoms with van der Waals surface area (Å²) in [6, 6.07) is 6.12. The van der Waals surface area contributed by atoms with Gasteiger partial charge in [0.1, 0.15) is 6.04 Å². The standard InChI is InChI=1S/C15H22N2O3S2/c1-11-6-5-7-12(8-11)22(19,20)17-10-21-9-13(17)14(18)16-15(2,3)4/h5-8,13H,9-10H2,1-4H3,(H,16,18)/t13-/m1/s1. The molecule has 0 aliphatic carbocycles. The average Bonchev–Trinajstić information content (AvgIpc) is 2.86. The van der Waals surface area contributed by atoms with Crippen LogP contribution in [0.15, 0.2) is 29.2 Å². The summed E-state index contributed by atoms with van der Waals surface area (Å²) in [6.07, 6.45) is 0. The molecule has 7 heteroatoms. The van der Waals surface area contributed by atoms with Crippen LogP contribution in [0.5, 0.6) is 0 Å². The van der Waals surface area contributed by atoms with Crippen molar-refractivity contribution in [3.8, 4) is 0 Å². The molecule has 1 N–H and O–H groups in total. The Labute approximate surface area is 136 Å². The van der Waals surface area contributed by atoms with Crippen LogP contribution >= 0.6 is 11.8 Å². The maximum absolute atomic E-state index is 12.8. The van der Waals surface area contributed by atoms with E-state index in [1.807, 2.05) is 33.8 Å². The summed E-state index contributed by atoms with van der Waals surface area (Å²) >= 11 is 1.46. The Morgan fingerprint density at radius 1 is 1.36 bits per heavy atom. The summed E-state index contributed by atoms with van der Waals surface area (Å²) in [6.45, 7) is 7.49. The van der Waals surface area contributed by atoms with E-state index in [0.717, 1.165) is 5.56 Å². The number of amides is 1. The minimum atomic E-state index is -3.66. The lowest BCUT2D eigenvalue weighted by Gasteiger charge is -2.27. The lowest BCUT2D eigenvalue weighted by molar-refractivity contribution is -0.125. The van der Waals surface area contributed by atoms with Crippen molar-refractivity contribution in [1.29, 1.82) is 0 Å². The molecule has 1 heterocycles. The fraction of sp³-hybridized carbons (Fsp3) is 0.533. The molecule has 1 amide bonds. The largest absolute Gasteiger partial charge is 0.350 e. The third kappa shape index (κ3) is 3.83. The molecule has 0 bridgehead atoms. The second-order valence-electron chi connectivity index (χ2n) is 6.46. The summed E-state index contributed by atoms with van der Waals surface area (Å²) in [4.78, 5) is 12.6. The molecule has 1 aromatic rings. The highest BCUT2D eigenvalue weighted by atomic mass is 32.2. The molecule has 1 aliphatic heterocycles. The summed E-state index contributed by atoms with van der Waals surface area (Å²) < 4.78 is 26.9. The lowest BCUT2D eigenvalue weighted by Crippen LogP contribution is -2.52. The van der Waals surface area contributed by atoms with Gasteiger partial charge in [-0.2, -0.15) is 4.31 Å². The molecule has 1 aromatic carbocycles. The molecule has 0 saturated carbocycles. The van der Waals surface area contributed by atoms with Crippen molar-refractivity contribution in [1.82, 2.24) is 9.62 Å². The highest BCUT2D eigenvalue weighted by molar-refractivity contribution is 8.00. The number of benzene rings is 1. The van der Waals surface area contributed by atoms with Crippen LogP contribution in [0.4, 0.5) is 0 Å². The molecular formula is C15H22N2O3S2. The van der Waals surface area contributed by atoms with E-state index in [4.69, 9.17) is 0 Å². The Balaban J connectivity index is 2.28. The molecule has 2 rings (SSSR count). The van der Waals surface area contributed by atoms with Crippen LogP contribution in [0.2, 0.25) is 0 Å². The first-order valence-corrected chi connectivity index (χ1v) is 9.69. The van der Waals surface area contributed by atoms with Gasteiger partial charge in [-0.25, -0.2) is 8.42 Å². The number of carbonyl (C=O) groups excluding carboxylic acids is 1. The first kappa shape index (κ1) is 17.3. The smallest absolute Gasteiger partial charge is 0.244 e. The van der Waals surface area contributed by atoms with Crippen LogP contribution in [0, 0.1) is 6.92 Å². The first-order valence-electron chi connectivity index (χ1n) is 7.09. The summed E-state index contributed by atoms with van der Waals surface area (Å²) in [5, 5.41) is 2.87. The van der Waals surface area contributed by atoms with Crippen molar-refractivity contribution in [2.45, 2.75) is 44.2 Å². The molecular weight excluding hydrogens is 320 g/mol. The van der Waals surface area contributed by atoms with Gasteiger partial charge in [0.25, 0.3) is 0 Å². The van der Waals surface area contributed by atoms with Crippen LogP contribution in [0.1, 0.15) is 26.3 Å². The summed E-state index contributed by atoms with van der Waals surface area (Å²) in [7, 11) is -3.66. The molecule has 1 aliphatic rings. The third-order valence-corrected chi connectivity index (χ3v) is 6.27. The molecule has 0 spiro atoms. The number of rotatable bonds is 3. The maximum atomic E-state index is 12.8. The van der Waals surface area contributed by atoms with Crippen molar-refractivity contribution in [2.75, 3.05) is 11.6 Å². The van der Waals surface area contributed by atoms with E-state index >= 15 is 0 Å². The normalized spacial score (nSPS) is 20.1. The van der Waals surface area contributed by atoms with E-state index in [-0.39, 0.29) is 16.3 Å². The van der Waals surface area contributed by atoms with Gasteiger partial charge in [-0.05, 0) is 45.4 Å². The van der Waals surface area contributed by atoms with Gasteiger partial charge in [-0.3, -0.25) is 4.79 Å². The van der Waals surface area contributed by atoms with Crippen molar-refractivity contribution >= 4 is 27.7 Å². The van der Waals surface area contributed by atoms with E-state index in [1.165, 1.54) is 16.1 Å². The topological polar surface area (TPSA) is 66.5 Å². The molecule has 0 radical (unpaired) electrons. The van der Waals surface area contributed by atoms with Crippen LogP contribution in [0.3, 0.4) is 0 Å². The molecule has 1 saturated heterocycles. The SMILES string of the molecule is Cc1cccc(S(=O)(=O)N2CSC[C@@H]2C(=O)NC(C)(C)C)c1. The Bertz CT molecular complexity index is 666. The zero-order chi connectivity index (χ0) is 16.5. The number of hydrogen-bond acceptors (Lipinski definition) is 4. The molecule has 122 valence electrons. The number of thioether (sulfide) groups is 1. The minimum Gasteiger partial charge on any atom is -0.350 e. The van der Waals surface area contributed by atoms with Crippen LogP contribution in [0.25, 0.3) is 0 Å². The van der Waals surface area contributed by atoms with E-state index in [0.29, 0.717) is 11.6 Å². The molecule has 0 aromatic heterocycles. The maximum Gasteiger partial charge on any atom is 0.244 e. The second-order valence-corrected chi connectivity index (χ2v) is 9.35. The van der Waals surface area contributed by atoms with E-state index in [9.17, 15) is 13.2 Å². The fourth-order valence-electron chi connectivity index (χ4n) is 2.23. The Kier molecular flexibility index (Phi) is 4.89. The minimum absolute atomic E-state index is 0.239. The Hall–Kier alpha value is -1.05.